The van der Waals surface area contributed by atoms with E-state index in [-0.39, 0.29) is 5.91 Å². The third-order valence-corrected chi connectivity index (χ3v) is 3.21. The highest BCUT2D eigenvalue weighted by Crippen LogP contribution is 2.23. The van der Waals surface area contributed by atoms with Gasteiger partial charge in [0.1, 0.15) is 6.61 Å². The number of nitrogens with zero attached hydrogens (tertiary/aromatic N) is 1. The molecule has 0 atom stereocenters. The summed E-state index contributed by atoms with van der Waals surface area (Å²) < 4.78 is 10.3. The van der Waals surface area contributed by atoms with Crippen molar-refractivity contribution >= 4 is 23.3 Å². The summed E-state index contributed by atoms with van der Waals surface area (Å²) in [6.07, 6.45) is 2.12. The van der Waals surface area contributed by atoms with Crippen molar-refractivity contribution < 1.29 is 14.3 Å². The fraction of sp³-hybridized carbons (Fsp3) is 0.500. The van der Waals surface area contributed by atoms with E-state index in [9.17, 15) is 4.79 Å². The first-order chi connectivity index (χ1) is 8.79. The predicted octanol–water partition coefficient (Wildman–Crippen LogP) is 1.66. The molecule has 1 heterocycles. The van der Waals surface area contributed by atoms with Crippen molar-refractivity contribution in [2.24, 2.45) is 4.99 Å². The van der Waals surface area contributed by atoms with Crippen LogP contribution in [0.25, 0.3) is 0 Å². The molecule has 5 nitrogen and oxygen atoms in total. The number of aliphatic imine (C=N–C) groups is 1. The first-order valence-corrected chi connectivity index (χ1v) is 6.72. The van der Waals surface area contributed by atoms with E-state index in [0.717, 1.165) is 12.8 Å². The number of carbonyl (C=O) groups is 1. The summed E-state index contributed by atoms with van der Waals surface area (Å²) >= 11 is 1.39. The van der Waals surface area contributed by atoms with E-state index in [2.05, 4.69) is 10.3 Å². The number of methoxy groups -OCH3 is 1. The minimum atomic E-state index is -0.179. The molecule has 1 N–H and O–H groups in total. The molecule has 0 aromatic carbocycles. The molecule has 0 aliphatic heterocycles. The highest BCUT2D eigenvalue weighted by Gasteiger charge is 2.22. The normalized spacial score (nSPS) is 15.5. The van der Waals surface area contributed by atoms with Gasteiger partial charge in [-0.2, -0.15) is 0 Å². The molecule has 1 aromatic rings. The Morgan fingerprint density at radius 2 is 2.39 bits per heavy atom. The van der Waals surface area contributed by atoms with Gasteiger partial charge < -0.3 is 9.47 Å². The van der Waals surface area contributed by atoms with Gasteiger partial charge in [-0.1, -0.05) is 6.07 Å². The summed E-state index contributed by atoms with van der Waals surface area (Å²) in [6, 6.07) is 4.20. The standard InChI is InChI=1S/C12H16N2O3S/c1-16-6-7-17-12(13-9-4-5-9)14-11(15)10-3-2-8-18-10/h2-3,8-9H,4-7H2,1H3,(H,13,14,15). The molecule has 1 saturated carbocycles. The summed E-state index contributed by atoms with van der Waals surface area (Å²) in [5.74, 6) is -0.179. The second kappa shape index (κ2) is 6.51. The molecule has 0 saturated heterocycles. The van der Waals surface area contributed by atoms with Gasteiger partial charge in [0.15, 0.2) is 0 Å². The van der Waals surface area contributed by atoms with Crippen molar-refractivity contribution in [2.75, 3.05) is 20.3 Å². The first-order valence-electron chi connectivity index (χ1n) is 5.84. The Labute approximate surface area is 110 Å². The lowest BCUT2D eigenvalue weighted by Gasteiger charge is -2.09. The Morgan fingerprint density at radius 1 is 1.56 bits per heavy atom. The van der Waals surface area contributed by atoms with Crippen molar-refractivity contribution in [1.29, 1.82) is 0 Å². The van der Waals surface area contributed by atoms with Gasteiger partial charge >= 0.3 is 0 Å². The summed E-state index contributed by atoms with van der Waals surface area (Å²) in [6.45, 7) is 0.853. The summed E-state index contributed by atoms with van der Waals surface area (Å²) in [5.41, 5.74) is 0. The largest absolute Gasteiger partial charge is 0.463 e. The topological polar surface area (TPSA) is 59.9 Å². The molecule has 0 bridgehead atoms. The van der Waals surface area contributed by atoms with Crippen molar-refractivity contribution in [3.8, 4) is 0 Å². The molecule has 1 aromatic heterocycles. The lowest BCUT2D eigenvalue weighted by molar-refractivity contribution is 0.0957. The van der Waals surface area contributed by atoms with Gasteiger partial charge in [0.2, 0.25) is 0 Å². The van der Waals surface area contributed by atoms with Gasteiger partial charge in [-0.25, -0.2) is 4.99 Å². The van der Waals surface area contributed by atoms with Gasteiger partial charge in [0.05, 0.1) is 17.5 Å². The second-order valence-electron chi connectivity index (χ2n) is 3.94. The number of amides is 1. The van der Waals surface area contributed by atoms with Crippen LogP contribution in [-0.4, -0.2) is 38.3 Å². The van der Waals surface area contributed by atoms with Gasteiger partial charge in [-0.15, -0.1) is 11.3 Å². The van der Waals surface area contributed by atoms with Gasteiger partial charge in [-0.05, 0) is 24.3 Å². The van der Waals surface area contributed by atoms with Crippen LogP contribution in [0.3, 0.4) is 0 Å². The van der Waals surface area contributed by atoms with Crippen molar-refractivity contribution in [2.45, 2.75) is 18.9 Å². The van der Waals surface area contributed by atoms with Crippen LogP contribution in [0.1, 0.15) is 22.5 Å². The van der Waals surface area contributed by atoms with Crippen LogP contribution in [0.5, 0.6) is 0 Å². The molecular weight excluding hydrogens is 252 g/mol. The third kappa shape index (κ3) is 4.12. The molecular formula is C12H16N2O3S. The zero-order chi connectivity index (χ0) is 12.8. The summed E-state index contributed by atoms with van der Waals surface area (Å²) in [4.78, 5) is 16.8. The van der Waals surface area contributed by atoms with E-state index in [1.807, 2.05) is 11.4 Å². The van der Waals surface area contributed by atoms with Crippen LogP contribution in [0, 0.1) is 0 Å². The molecule has 18 heavy (non-hydrogen) atoms. The van der Waals surface area contributed by atoms with Crippen LogP contribution < -0.4 is 5.32 Å². The SMILES string of the molecule is COCCOC(=NC1CC1)NC(=O)c1cccs1. The average Bonchev–Trinajstić information content (AvgIpc) is 2.99. The van der Waals surface area contributed by atoms with E-state index in [1.165, 1.54) is 11.3 Å². The van der Waals surface area contributed by atoms with Gasteiger partial charge in [0, 0.05) is 7.11 Å². The maximum atomic E-state index is 11.9. The molecule has 1 amide bonds. The van der Waals surface area contributed by atoms with Crippen LogP contribution in [0.15, 0.2) is 22.5 Å². The number of hydrogen-bond donors (Lipinski definition) is 1. The maximum absolute atomic E-state index is 11.9. The smallest absolute Gasteiger partial charge is 0.292 e. The minimum absolute atomic E-state index is 0.179. The number of nitrogens with one attached hydrogen (secondary N) is 1. The number of amidine groups is 1. The van der Waals surface area contributed by atoms with Crippen molar-refractivity contribution in [3.63, 3.8) is 0 Å². The van der Waals surface area contributed by atoms with Gasteiger partial charge in [0.25, 0.3) is 11.9 Å². The highest BCUT2D eigenvalue weighted by molar-refractivity contribution is 7.12. The van der Waals surface area contributed by atoms with Crippen molar-refractivity contribution in [1.82, 2.24) is 5.32 Å². The van der Waals surface area contributed by atoms with Crippen molar-refractivity contribution in [3.05, 3.63) is 22.4 Å². The lowest BCUT2D eigenvalue weighted by Crippen LogP contribution is -2.33. The highest BCUT2D eigenvalue weighted by atomic mass is 32.1. The number of ether oxygens (including phenoxy) is 2. The number of carbonyl (C=O) groups excluding carboxylic acids is 1. The molecule has 0 spiro atoms. The van der Waals surface area contributed by atoms with Crippen LogP contribution in [-0.2, 0) is 9.47 Å². The molecule has 98 valence electrons. The van der Waals surface area contributed by atoms with Crippen LogP contribution >= 0.6 is 11.3 Å². The van der Waals surface area contributed by atoms with Crippen LogP contribution in [0.4, 0.5) is 0 Å². The van der Waals surface area contributed by atoms with E-state index < -0.39 is 0 Å². The van der Waals surface area contributed by atoms with E-state index >= 15 is 0 Å². The fourth-order valence-corrected chi connectivity index (χ4v) is 1.88. The van der Waals surface area contributed by atoms with Gasteiger partial charge in [-0.3, -0.25) is 10.1 Å². The molecule has 1 aliphatic rings. The van der Waals surface area contributed by atoms with E-state index in [0.29, 0.717) is 30.2 Å². The third-order valence-electron chi connectivity index (χ3n) is 2.34. The Hall–Kier alpha value is -1.40. The molecule has 1 aliphatic carbocycles. The molecule has 0 radical (unpaired) electrons. The summed E-state index contributed by atoms with van der Waals surface area (Å²) in [7, 11) is 1.60. The number of rotatable bonds is 5. The van der Waals surface area contributed by atoms with E-state index in [4.69, 9.17) is 9.47 Å². The number of hydrogen-bond acceptors (Lipinski definition) is 5. The lowest BCUT2D eigenvalue weighted by atomic mass is 10.4. The maximum Gasteiger partial charge on any atom is 0.292 e. The Balaban J connectivity index is 1.90. The molecule has 1 fully saturated rings. The summed E-state index contributed by atoms with van der Waals surface area (Å²) in [5, 5.41) is 4.55. The predicted molar refractivity (Wildman–Crippen MR) is 70.1 cm³/mol. The molecule has 0 unspecified atom stereocenters. The minimum Gasteiger partial charge on any atom is -0.463 e. The van der Waals surface area contributed by atoms with E-state index in [1.54, 1.807) is 13.2 Å². The average molecular weight is 268 g/mol. The number of thiophene rings is 1. The zero-order valence-electron chi connectivity index (χ0n) is 10.2. The second-order valence-corrected chi connectivity index (χ2v) is 4.89. The first kappa shape index (κ1) is 13.0. The zero-order valence-corrected chi connectivity index (χ0v) is 11.0. The Bertz CT molecular complexity index is 413. The monoisotopic (exact) mass is 268 g/mol. The molecule has 6 heteroatoms. The Kier molecular flexibility index (Phi) is 4.72. The fourth-order valence-electron chi connectivity index (χ4n) is 1.26. The molecule has 2 rings (SSSR count). The quantitative estimate of drug-likeness (QED) is 0.502. The Morgan fingerprint density at radius 3 is 3.00 bits per heavy atom. The van der Waals surface area contributed by atoms with Crippen LogP contribution in [0.2, 0.25) is 0 Å².